The Bertz CT molecular complexity index is 604. The van der Waals surface area contributed by atoms with Gasteiger partial charge in [-0.15, -0.1) is 0 Å². The van der Waals surface area contributed by atoms with Crippen LogP contribution < -0.4 is 5.32 Å². The molecule has 0 radical (unpaired) electrons. The molecule has 2 aromatic rings. The average Bonchev–Trinajstić information content (AvgIpc) is 2.45. The number of amides is 1. The minimum Gasteiger partial charge on any atom is -0.394 e. The Morgan fingerprint density at radius 3 is 2.55 bits per heavy atom. The van der Waals surface area contributed by atoms with Crippen molar-refractivity contribution in [1.82, 2.24) is 5.32 Å². The molecule has 0 aliphatic rings. The summed E-state index contributed by atoms with van der Waals surface area (Å²) in [4.78, 5) is 12.2. The van der Waals surface area contributed by atoms with Crippen molar-refractivity contribution in [2.75, 3.05) is 6.61 Å². The minimum atomic E-state index is -0.482. The molecular weight excluding hydrogens is 372 g/mol. The molecule has 20 heavy (non-hydrogen) atoms. The molecule has 0 spiro atoms. The number of benzene rings is 2. The number of aliphatic hydroxyl groups excluding tert-OH is 1. The monoisotopic (exact) mass is 385 g/mol. The van der Waals surface area contributed by atoms with E-state index < -0.39 is 6.04 Å². The fraction of sp³-hybridized carbons (Fsp3) is 0.133. The first kappa shape index (κ1) is 14.9. The molecule has 2 N–H and O–H groups in total. The van der Waals surface area contributed by atoms with E-state index in [0.717, 1.165) is 5.56 Å². The molecule has 0 saturated heterocycles. The van der Waals surface area contributed by atoms with Gasteiger partial charge in [-0.2, -0.15) is 0 Å². The highest BCUT2D eigenvalue weighted by molar-refractivity contribution is 14.1. The van der Waals surface area contributed by atoms with Crippen LogP contribution in [0.1, 0.15) is 22.0 Å². The number of rotatable bonds is 4. The van der Waals surface area contributed by atoms with Crippen molar-refractivity contribution < 1.29 is 14.3 Å². The third-order valence-corrected chi connectivity index (χ3v) is 3.76. The van der Waals surface area contributed by atoms with E-state index in [9.17, 15) is 14.3 Å². The summed E-state index contributed by atoms with van der Waals surface area (Å²) in [5.41, 5.74) is 1.21. The maximum Gasteiger partial charge on any atom is 0.252 e. The highest BCUT2D eigenvalue weighted by Gasteiger charge is 2.16. The molecule has 5 heteroatoms. The molecule has 1 amide bonds. The van der Waals surface area contributed by atoms with Gasteiger partial charge >= 0.3 is 0 Å². The average molecular weight is 385 g/mol. The summed E-state index contributed by atoms with van der Waals surface area (Å²) >= 11 is 1.91. The van der Waals surface area contributed by atoms with Crippen LogP contribution in [0.25, 0.3) is 0 Å². The van der Waals surface area contributed by atoms with Crippen LogP contribution in [0.5, 0.6) is 0 Å². The van der Waals surface area contributed by atoms with Gasteiger partial charge in [0.1, 0.15) is 5.82 Å². The van der Waals surface area contributed by atoms with Crippen molar-refractivity contribution in [3.05, 3.63) is 69.0 Å². The Kier molecular flexibility index (Phi) is 5.08. The lowest BCUT2D eigenvalue weighted by molar-refractivity contribution is 0.0915. The number of halogens is 2. The van der Waals surface area contributed by atoms with Gasteiger partial charge in [0.25, 0.3) is 5.91 Å². The highest BCUT2D eigenvalue weighted by atomic mass is 127. The maximum atomic E-state index is 13.0. The molecule has 0 heterocycles. The smallest absolute Gasteiger partial charge is 0.252 e. The molecule has 2 aromatic carbocycles. The Labute approximate surface area is 130 Å². The zero-order valence-corrected chi connectivity index (χ0v) is 12.7. The van der Waals surface area contributed by atoms with Gasteiger partial charge in [0.2, 0.25) is 0 Å². The minimum absolute atomic E-state index is 0.201. The summed E-state index contributed by atoms with van der Waals surface area (Å²) in [6.45, 7) is -0.201. The van der Waals surface area contributed by atoms with Crippen LogP contribution >= 0.6 is 22.6 Å². The van der Waals surface area contributed by atoms with E-state index in [1.54, 1.807) is 0 Å². The summed E-state index contributed by atoms with van der Waals surface area (Å²) in [5, 5.41) is 12.2. The molecule has 0 fully saturated rings. The largest absolute Gasteiger partial charge is 0.394 e. The van der Waals surface area contributed by atoms with Crippen molar-refractivity contribution in [1.29, 1.82) is 0 Å². The van der Waals surface area contributed by atoms with Gasteiger partial charge in [-0.3, -0.25) is 4.79 Å². The Morgan fingerprint density at radius 2 is 1.95 bits per heavy atom. The fourth-order valence-electron chi connectivity index (χ4n) is 1.83. The van der Waals surface area contributed by atoms with Crippen molar-refractivity contribution in [2.24, 2.45) is 0 Å². The Hall–Kier alpha value is -1.47. The van der Waals surface area contributed by atoms with Gasteiger partial charge in [-0.25, -0.2) is 4.39 Å². The lowest BCUT2D eigenvalue weighted by atomic mass is 10.1. The SMILES string of the molecule is O=C(N[C@@H](CO)c1ccccc1)c1ccc(F)cc1I. The van der Waals surface area contributed by atoms with E-state index >= 15 is 0 Å². The van der Waals surface area contributed by atoms with Crippen molar-refractivity contribution in [2.45, 2.75) is 6.04 Å². The Balaban J connectivity index is 2.17. The summed E-state index contributed by atoms with van der Waals surface area (Å²) < 4.78 is 13.6. The Morgan fingerprint density at radius 1 is 1.25 bits per heavy atom. The molecule has 0 bridgehead atoms. The predicted molar refractivity (Wildman–Crippen MR) is 82.9 cm³/mol. The first-order valence-electron chi connectivity index (χ1n) is 6.03. The second-order valence-electron chi connectivity index (χ2n) is 4.24. The zero-order valence-electron chi connectivity index (χ0n) is 10.5. The molecule has 2 rings (SSSR count). The van der Waals surface area contributed by atoms with Gasteiger partial charge in [0.05, 0.1) is 18.2 Å². The maximum absolute atomic E-state index is 13.0. The van der Waals surface area contributed by atoms with Crippen LogP contribution in [0.15, 0.2) is 48.5 Å². The summed E-state index contributed by atoms with van der Waals surface area (Å²) in [6.07, 6.45) is 0. The van der Waals surface area contributed by atoms with E-state index in [0.29, 0.717) is 9.13 Å². The molecule has 3 nitrogen and oxygen atoms in total. The van der Waals surface area contributed by atoms with Crippen LogP contribution in [-0.2, 0) is 0 Å². The number of carbonyl (C=O) groups excluding carboxylic acids is 1. The third kappa shape index (κ3) is 3.55. The normalized spacial score (nSPS) is 11.9. The van der Waals surface area contributed by atoms with Crippen molar-refractivity contribution in [3.8, 4) is 0 Å². The van der Waals surface area contributed by atoms with Gasteiger partial charge < -0.3 is 10.4 Å². The first-order valence-corrected chi connectivity index (χ1v) is 7.11. The van der Waals surface area contributed by atoms with Crippen LogP contribution in [0, 0.1) is 9.39 Å². The van der Waals surface area contributed by atoms with E-state index in [2.05, 4.69) is 5.32 Å². The van der Waals surface area contributed by atoms with Crippen molar-refractivity contribution >= 4 is 28.5 Å². The summed E-state index contributed by atoms with van der Waals surface area (Å²) in [7, 11) is 0. The summed E-state index contributed by atoms with van der Waals surface area (Å²) in [6, 6.07) is 12.7. The second kappa shape index (κ2) is 6.81. The molecule has 0 unspecified atom stereocenters. The van der Waals surface area contributed by atoms with Crippen LogP contribution in [-0.4, -0.2) is 17.6 Å². The third-order valence-electron chi connectivity index (χ3n) is 2.87. The topological polar surface area (TPSA) is 49.3 Å². The van der Waals surface area contributed by atoms with Gasteiger partial charge in [0.15, 0.2) is 0 Å². The molecule has 0 saturated carbocycles. The van der Waals surface area contributed by atoms with Gasteiger partial charge in [-0.1, -0.05) is 30.3 Å². The number of hydrogen-bond acceptors (Lipinski definition) is 2. The van der Waals surface area contributed by atoms with E-state index in [1.807, 2.05) is 52.9 Å². The standard InChI is InChI=1S/C15H13FINO2/c16-11-6-7-12(13(17)8-11)15(20)18-14(9-19)10-4-2-1-3-5-10/h1-8,14,19H,9H2,(H,18,20)/t14-/m0/s1. The van der Waals surface area contributed by atoms with Gasteiger partial charge in [0, 0.05) is 3.57 Å². The van der Waals surface area contributed by atoms with E-state index in [-0.39, 0.29) is 18.3 Å². The number of nitrogens with one attached hydrogen (secondary N) is 1. The quantitative estimate of drug-likeness (QED) is 0.796. The van der Waals surface area contributed by atoms with E-state index in [1.165, 1.54) is 18.2 Å². The first-order chi connectivity index (χ1) is 9.61. The highest BCUT2D eigenvalue weighted by Crippen LogP contribution is 2.17. The molecule has 0 aliphatic carbocycles. The van der Waals surface area contributed by atoms with Crippen LogP contribution in [0.3, 0.4) is 0 Å². The van der Waals surface area contributed by atoms with E-state index in [4.69, 9.17) is 0 Å². The van der Waals surface area contributed by atoms with Crippen LogP contribution in [0.2, 0.25) is 0 Å². The zero-order chi connectivity index (χ0) is 14.5. The lowest BCUT2D eigenvalue weighted by Crippen LogP contribution is -2.31. The molecular formula is C15H13FINO2. The molecule has 1 atom stereocenters. The lowest BCUT2D eigenvalue weighted by Gasteiger charge is -2.17. The molecule has 0 aliphatic heterocycles. The predicted octanol–water partition coefficient (Wildman–Crippen LogP) is 2.89. The second-order valence-corrected chi connectivity index (χ2v) is 5.41. The summed E-state index contributed by atoms with van der Waals surface area (Å²) in [5.74, 6) is -0.718. The molecule has 0 aromatic heterocycles. The fourth-order valence-corrected chi connectivity index (χ4v) is 2.55. The van der Waals surface area contributed by atoms with Crippen LogP contribution in [0.4, 0.5) is 4.39 Å². The number of hydrogen-bond donors (Lipinski definition) is 2. The number of aliphatic hydroxyl groups is 1. The molecule has 104 valence electrons. The van der Waals surface area contributed by atoms with Gasteiger partial charge in [-0.05, 0) is 46.4 Å². The number of carbonyl (C=O) groups is 1. The van der Waals surface area contributed by atoms with Crippen molar-refractivity contribution in [3.63, 3.8) is 0 Å².